The highest BCUT2D eigenvalue weighted by Crippen LogP contribution is 2.66. The monoisotopic (exact) mass is 320 g/mol. The second-order valence-corrected chi connectivity index (χ2v) is 7.02. The van der Waals surface area contributed by atoms with Crippen LogP contribution in [0.2, 0.25) is 0 Å². The molecule has 0 unspecified atom stereocenters. The Labute approximate surface area is 111 Å². The van der Waals surface area contributed by atoms with Gasteiger partial charge in [0.05, 0.1) is 5.03 Å². The molecule has 0 aromatic heterocycles. The summed E-state index contributed by atoms with van der Waals surface area (Å²) in [6.07, 6.45) is 0. The molecule has 0 saturated heterocycles. The fourth-order valence-corrected chi connectivity index (χ4v) is 3.13. The van der Waals surface area contributed by atoms with E-state index in [1.54, 1.807) is 6.92 Å². The van der Waals surface area contributed by atoms with E-state index in [1.165, 1.54) is 0 Å². The highest BCUT2D eigenvalue weighted by Gasteiger charge is 2.68. The molecular formula is C6H3Cl7. The Balaban J connectivity index is 3.39. The molecule has 0 spiro atoms. The zero-order valence-corrected chi connectivity index (χ0v) is 11.4. The lowest BCUT2D eigenvalue weighted by molar-refractivity contribution is 0.753. The maximum atomic E-state index is 5.88. The topological polar surface area (TPSA) is 0 Å². The normalized spacial score (nSPS) is 29.5. The van der Waals surface area contributed by atoms with Crippen molar-refractivity contribution in [2.24, 2.45) is 0 Å². The van der Waals surface area contributed by atoms with Crippen molar-refractivity contribution in [3.05, 3.63) is 10.6 Å². The Morgan fingerprint density at radius 3 is 1.31 bits per heavy atom. The maximum absolute atomic E-state index is 5.88. The highest BCUT2D eigenvalue weighted by atomic mass is 35.5. The SMILES string of the molecule is CC1=C(Cl)C(Cl)(Cl)C(Cl)(Cl)C1(Cl)Cl. The molecule has 1 rings (SSSR count). The molecule has 0 heterocycles. The van der Waals surface area contributed by atoms with Gasteiger partial charge in [-0.3, -0.25) is 0 Å². The van der Waals surface area contributed by atoms with Crippen molar-refractivity contribution >= 4 is 81.2 Å². The summed E-state index contributed by atoms with van der Waals surface area (Å²) in [7, 11) is 0. The van der Waals surface area contributed by atoms with Crippen molar-refractivity contribution in [2.45, 2.75) is 19.9 Å². The zero-order valence-electron chi connectivity index (χ0n) is 6.15. The van der Waals surface area contributed by atoms with Crippen LogP contribution in [0.1, 0.15) is 6.92 Å². The van der Waals surface area contributed by atoms with Gasteiger partial charge in [-0.25, -0.2) is 0 Å². The maximum Gasteiger partial charge on any atom is 0.192 e. The number of rotatable bonds is 0. The molecule has 0 saturated carbocycles. The molecule has 76 valence electrons. The summed E-state index contributed by atoms with van der Waals surface area (Å²) in [5.74, 6) is 0. The van der Waals surface area contributed by atoms with E-state index in [2.05, 4.69) is 0 Å². The molecule has 0 radical (unpaired) electrons. The second-order valence-electron chi connectivity index (χ2n) is 2.66. The average Bonchev–Trinajstić information content (AvgIpc) is 2.05. The number of halogens is 7. The van der Waals surface area contributed by atoms with Crippen molar-refractivity contribution < 1.29 is 0 Å². The summed E-state index contributed by atoms with van der Waals surface area (Å²) in [6.45, 7) is 1.56. The third-order valence-corrected chi connectivity index (χ3v) is 6.61. The summed E-state index contributed by atoms with van der Waals surface area (Å²) >= 11 is 40.9. The Morgan fingerprint density at radius 1 is 0.846 bits per heavy atom. The molecule has 0 nitrogen and oxygen atoms in total. The van der Waals surface area contributed by atoms with Gasteiger partial charge in [0.2, 0.25) is 0 Å². The first-order valence-electron chi connectivity index (χ1n) is 3.07. The molecule has 0 atom stereocenters. The summed E-state index contributed by atoms with van der Waals surface area (Å²) in [4.78, 5) is 0. The summed E-state index contributed by atoms with van der Waals surface area (Å²) in [5.41, 5.74) is 0.354. The first-order valence-corrected chi connectivity index (χ1v) is 5.72. The van der Waals surface area contributed by atoms with Crippen molar-refractivity contribution in [1.29, 1.82) is 0 Å². The van der Waals surface area contributed by atoms with E-state index >= 15 is 0 Å². The molecular weight excluding hydrogens is 320 g/mol. The van der Waals surface area contributed by atoms with Gasteiger partial charge < -0.3 is 0 Å². The Kier molecular flexibility index (Phi) is 3.34. The van der Waals surface area contributed by atoms with Gasteiger partial charge in [0, 0.05) is 0 Å². The van der Waals surface area contributed by atoms with E-state index in [4.69, 9.17) is 81.2 Å². The van der Waals surface area contributed by atoms with Gasteiger partial charge in [-0.15, -0.1) is 0 Å². The first-order chi connectivity index (χ1) is 5.57. The van der Waals surface area contributed by atoms with Gasteiger partial charge in [-0.05, 0) is 12.5 Å². The highest BCUT2D eigenvalue weighted by molar-refractivity contribution is 6.74. The van der Waals surface area contributed by atoms with Crippen LogP contribution in [0.3, 0.4) is 0 Å². The predicted octanol–water partition coefficient (Wildman–Crippen LogP) is 5.03. The van der Waals surface area contributed by atoms with Crippen LogP contribution < -0.4 is 0 Å². The van der Waals surface area contributed by atoms with Crippen LogP contribution in [0.5, 0.6) is 0 Å². The Bertz CT molecular complexity index is 249. The molecule has 13 heavy (non-hydrogen) atoms. The standard InChI is InChI=1S/C6H3Cl7/c1-2-3(7)5(10,11)6(12,13)4(2,8)9/h1H3. The van der Waals surface area contributed by atoms with Crippen molar-refractivity contribution in [2.75, 3.05) is 0 Å². The molecule has 0 fully saturated rings. The fourth-order valence-electron chi connectivity index (χ4n) is 0.944. The minimum Gasteiger partial charge on any atom is -0.0941 e. The lowest BCUT2D eigenvalue weighted by Gasteiger charge is -2.33. The second kappa shape index (κ2) is 3.38. The van der Waals surface area contributed by atoms with E-state index in [1.807, 2.05) is 0 Å². The lowest BCUT2D eigenvalue weighted by atomic mass is 10.2. The third kappa shape index (κ3) is 1.49. The van der Waals surface area contributed by atoms with Gasteiger partial charge >= 0.3 is 0 Å². The van der Waals surface area contributed by atoms with Crippen molar-refractivity contribution in [1.82, 2.24) is 0 Å². The van der Waals surface area contributed by atoms with Crippen LogP contribution in [0, 0.1) is 0 Å². The van der Waals surface area contributed by atoms with E-state index in [-0.39, 0.29) is 5.03 Å². The van der Waals surface area contributed by atoms with Crippen LogP contribution in [0.4, 0.5) is 0 Å². The predicted molar refractivity (Wildman–Crippen MR) is 61.9 cm³/mol. The number of hydrogen-bond acceptors (Lipinski definition) is 0. The van der Waals surface area contributed by atoms with Crippen molar-refractivity contribution in [3.8, 4) is 0 Å². The van der Waals surface area contributed by atoms with Crippen LogP contribution in [-0.4, -0.2) is 13.0 Å². The third-order valence-electron chi connectivity index (χ3n) is 1.86. The smallest absolute Gasteiger partial charge is 0.0941 e. The van der Waals surface area contributed by atoms with E-state index < -0.39 is 13.0 Å². The molecule has 0 N–H and O–H groups in total. The van der Waals surface area contributed by atoms with Crippen LogP contribution in [0.25, 0.3) is 0 Å². The summed E-state index contributed by atoms with van der Waals surface area (Å²) in [5, 5.41) is 0.0610. The average molecular weight is 323 g/mol. The van der Waals surface area contributed by atoms with E-state index in [0.717, 1.165) is 0 Å². The van der Waals surface area contributed by atoms with Gasteiger partial charge in [0.1, 0.15) is 0 Å². The minimum atomic E-state index is -1.77. The summed E-state index contributed by atoms with van der Waals surface area (Å²) in [6, 6.07) is 0. The molecule has 1 aliphatic rings. The fraction of sp³-hybridized carbons (Fsp3) is 0.667. The number of alkyl halides is 6. The molecule has 0 aliphatic heterocycles. The molecule has 0 aromatic carbocycles. The van der Waals surface area contributed by atoms with Crippen LogP contribution in [-0.2, 0) is 0 Å². The molecule has 0 bridgehead atoms. The molecule has 1 aliphatic carbocycles. The quantitative estimate of drug-likeness (QED) is 0.548. The molecule has 0 aromatic rings. The largest absolute Gasteiger partial charge is 0.192 e. The lowest BCUT2D eigenvalue weighted by Crippen LogP contribution is -2.44. The number of hydrogen-bond donors (Lipinski definition) is 0. The number of allylic oxidation sites excluding steroid dienone is 2. The Morgan fingerprint density at radius 2 is 1.23 bits per heavy atom. The summed E-state index contributed by atoms with van der Waals surface area (Å²) < 4.78 is -5.05. The van der Waals surface area contributed by atoms with Gasteiger partial charge in [0.15, 0.2) is 13.0 Å². The van der Waals surface area contributed by atoms with Crippen LogP contribution >= 0.6 is 81.2 Å². The van der Waals surface area contributed by atoms with Gasteiger partial charge in [-0.2, -0.15) is 0 Å². The molecule has 0 amide bonds. The van der Waals surface area contributed by atoms with Gasteiger partial charge in [-0.1, -0.05) is 81.2 Å². The minimum absolute atomic E-state index is 0.0610. The zero-order chi connectivity index (χ0) is 10.7. The van der Waals surface area contributed by atoms with Gasteiger partial charge in [0.25, 0.3) is 0 Å². The van der Waals surface area contributed by atoms with Crippen LogP contribution in [0.15, 0.2) is 10.6 Å². The van der Waals surface area contributed by atoms with E-state index in [9.17, 15) is 0 Å². The van der Waals surface area contributed by atoms with E-state index in [0.29, 0.717) is 5.57 Å². The molecule has 7 heteroatoms. The Hall–Kier alpha value is 1.77. The van der Waals surface area contributed by atoms with Crippen molar-refractivity contribution in [3.63, 3.8) is 0 Å². The first kappa shape index (κ1) is 12.8.